The molecule has 0 aromatic heterocycles. The molecule has 0 saturated carbocycles. The molecule has 0 fully saturated rings. The number of hydrogen-bond acceptors (Lipinski definition) is 8. The maximum Gasteiger partial charge on any atom is 0.343 e. The zero-order chi connectivity index (χ0) is 40.6. The van der Waals surface area contributed by atoms with Crippen LogP contribution in [0.3, 0.4) is 0 Å². The van der Waals surface area contributed by atoms with E-state index in [2.05, 4.69) is 23.8 Å². The second kappa shape index (κ2) is 24.6. The van der Waals surface area contributed by atoms with Crippen LogP contribution in [-0.4, -0.2) is 37.6 Å². The molecule has 0 radical (unpaired) electrons. The number of hydrogen-bond donors (Lipinski definition) is 0. The van der Waals surface area contributed by atoms with E-state index >= 15 is 0 Å². The van der Waals surface area contributed by atoms with E-state index in [-0.39, 0.29) is 0 Å². The van der Waals surface area contributed by atoms with Gasteiger partial charge >= 0.3 is 11.9 Å². The summed E-state index contributed by atoms with van der Waals surface area (Å²) in [5, 5.41) is 0. The van der Waals surface area contributed by atoms with Crippen molar-refractivity contribution in [2.24, 2.45) is 9.98 Å². The quantitative estimate of drug-likeness (QED) is 0.0268. The Bertz CT molecular complexity index is 1860. The van der Waals surface area contributed by atoms with E-state index in [9.17, 15) is 9.59 Å². The van der Waals surface area contributed by atoms with Crippen molar-refractivity contribution in [1.82, 2.24) is 0 Å². The minimum Gasteiger partial charge on any atom is -0.494 e. The van der Waals surface area contributed by atoms with E-state index in [4.69, 9.17) is 18.9 Å². The molecule has 0 aliphatic rings. The first-order valence-corrected chi connectivity index (χ1v) is 20.8. The van der Waals surface area contributed by atoms with Crippen molar-refractivity contribution in [3.63, 3.8) is 0 Å². The van der Waals surface area contributed by atoms with Gasteiger partial charge in [-0.2, -0.15) is 0 Å². The Hall–Kier alpha value is -6.02. The Labute approximate surface area is 344 Å². The third-order valence-electron chi connectivity index (χ3n) is 9.47. The fourth-order valence-corrected chi connectivity index (χ4v) is 6.02. The molecule has 58 heavy (non-hydrogen) atoms. The summed E-state index contributed by atoms with van der Waals surface area (Å²) in [6, 6.07) is 35.8. The molecule has 0 bridgehead atoms. The van der Waals surface area contributed by atoms with Crippen molar-refractivity contribution in [2.45, 2.75) is 90.9 Å². The number of ether oxygens (including phenoxy) is 4. The Kier molecular flexibility index (Phi) is 18.3. The van der Waals surface area contributed by atoms with Gasteiger partial charge < -0.3 is 18.9 Å². The Morgan fingerprint density at radius 1 is 0.414 bits per heavy atom. The molecular weight excluding hydrogens is 725 g/mol. The largest absolute Gasteiger partial charge is 0.494 e. The summed E-state index contributed by atoms with van der Waals surface area (Å²) < 4.78 is 22.8. The van der Waals surface area contributed by atoms with E-state index in [1.54, 1.807) is 61.0 Å². The third kappa shape index (κ3) is 15.5. The number of aliphatic imine (C=N–C) groups is 2. The molecule has 0 N–H and O–H groups in total. The molecule has 8 heteroatoms. The van der Waals surface area contributed by atoms with Gasteiger partial charge in [-0.25, -0.2) is 9.59 Å². The van der Waals surface area contributed by atoms with Gasteiger partial charge in [0.1, 0.15) is 23.0 Å². The van der Waals surface area contributed by atoms with E-state index in [0.29, 0.717) is 22.6 Å². The number of unbranched alkanes of at least 4 members (excludes halogenated alkanes) is 10. The summed E-state index contributed by atoms with van der Waals surface area (Å²) in [7, 11) is 0. The zero-order valence-corrected chi connectivity index (χ0v) is 33.9. The lowest BCUT2D eigenvalue weighted by molar-refractivity contribution is 0.0720. The lowest BCUT2D eigenvalue weighted by atomic mass is 10.1. The minimum atomic E-state index is -0.537. The van der Waals surface area contributed by atoms with Gasteiger partial charge in [0, 0.05) is 12.4 Å². The molecule has 0 heterocycles. The zero-order valence-electron chi connectivity index (χ0n) is 33.9. The maximum atomic E-state index is 12.8. The molecular formula is C50H56N2O6. The van der Waals surface area contributed by atoms with Gasteiger partial charge in [-0.15, -0.1) is 0 Å². The van der Waals surface area contributed by atoms with Crippen LogP contribution in [0.1, 0.15) is 123 Å². The highest BCUT2D eigenvalue weighted by molar-refractivity contribution is 5.95. The van der Waals surface area contributed by atoms with Crippen LogP contribution in [0.4, 0.5) is 11.4 Å². The highest BCUT2D eigenvalue weighted by atomic mass is 16.5. The summed E-state index contributed by atoms with van der Waals surface area (Å²) in [4.78, 5) is 34.7. The molecule has 0 aliphatic carbocycles. The van der Waals surface area contributed by atoms with Crippen LogP contribution in [0.2, 0.25) is 0 Å². The van der Waals surface area contributed by atoms with Gasteiger partial charge in [-0.1, -0.05) is 78.1 Å². The van der Waals surface area contributed by atoms with Crippen molar-refractivity contribution in [1.29, 1.82) is 0 Å². The minimum absolute atomic E-state index is 0.306. The Morgan fingerprint density at radius 2 is 0.741 bits per heavy atom. The first-order chi connectivity index (χ1) is 28.5. The normalized spacial score (nSPS) is 11.2. The SMILES string of the molecule is CCCCCCCCOc1ccc(N=Cc2ccc(OC(=O)c3ccc(C(=O)Oc4ccc(C=Nc5ccc(OCCCCCCCC)cc5)cc4)cc3)cc2)cc1. The fraction of sp³-hybridized carbons (Fsp3) is 0.320. The van der Waals surface area contributed by atoms with E-state index in [1.165, 1.54) is 64.2 Å². The van der Waals surface area contributed by atoms with Gasteiger partial charge in [0.2, 0.25) is 0 Å². The van der Waals surface area contributed by atoms with Gasteiger partial charge in [0.25, 0.3) is 0 Å². The summed E-state index contributed by atoms with van der Waals surface area (Å²) in [6.45, 7) is 5.91. The highest BCUT2D eigenvalue weighted by Crippen LogP contribution is 2.22. The average molecular weight is 781 g/mol. The number of rotatable bonds is 24. The van der Waals surface area contributed by atoms with Crippen LogP contribution in [0.25, 0.3) is 0 Å². The first kappa shape index (κ1) is 43.1. The second-order valence-electron chi connectivity index (χ2n) is 14.2. The topological polar surface area (TPSA) is 95.8 Å². The molecule has 0 saturated heterocycles. The standard InChI is InChI=1S/C50H56N2O6/c1-3-5-7-9-11-13-35-55-45-31-23-43(24-32-45)51-37-39-15-27-47(28-16-39)57-49(53)41-19-21-42(22-20-41)50(54)58-48-29-17-40(18-30-48)38-52-44-25-33-46(34-26-44)56-36-14-12-10-8-6-4-2/h15-34,37-38H,3-14,35-36H2,1-2H3. The number of carbonyl (C=O) groups is 2. The van der Waals surface area contributed by atoms with Crippen molar-refractivity contribution in [3.8, 4) is 23.0 Å². The van der Waals surface area contributed by atoms with Crippen molar-refractivity contribution in [3.05, 3.63) is 144 Å². The fourth-order valence-electron chi connectivity index (χ4n) is 6.02. The van der Waals surface area contributed by atoms with Gasteiger partial charge in [-0.3, -0.25) is 9.98 Å². The lowest BCUT2D eigenvalue weighted by Crippen LogP contribution is -2.11. The van der Waals surface area contributed by atoms with Gasteiger partial charge in [-0.05, 0) is 145 Å². The third-order valence-corrected chi connectivity index (χ3v) is 9.47. The molecule has 302 valence electrons. The predicted octanol–water partition coefficient (Wildman–Crippen LogP) is 13.1. The van der Waals surface area contributed by atoms with E-state index in [1.807, 2.05) is 72.8 Å². The molecule has 0 atom stereocenters. The second-order valence-corrected chi connectivity index (χ2v) is 14.2. The van der Waals surface area contributed by atoms with Crippen LogP contribution in [0.5, 0.6) is 23.0 Å². The van der Waals surface area contributed by atoms with Crippen molar-refractivity contribution >= 4 is 35.7 Å². The van der Waals surface area contributed by atoms with Crippen molar-refractivity contribution in [2.75, 3.05) is 13.2 Å². The van der Waals surface area contributed by atoms with Crippen LogP contribution in [0.15, 0.2) is 131 Å². The highest BCUT2D eigenvalue weighted by Gasteiger charge is 2.13. The molecule has 5 aromatic carbocycles. The average Bonchev–Trinajstić information content (AvgIpc) is 3.26. The first-order valence-electron chi connectivity index (χ1n) is 20.8. The summed E-state index contributed by atoms with van der Waals surface area (Å²) in [5.74, 6) is 1.41. The van der Waals surface area contributed by atoms with Crippen molar-refractivity contribution < 1.29 is 28.5 Å². The Morgan fingerprint density at radius 3 is 1.10 bits per heavy atom. The number of benzene rings is 5. The lowest BCUT2D eigenvalue weighted by Gasteiger charge is -2.07. The molecule has 5 aromatic rings. The van der Waals surface area contributed by atoms with Crippen LogP contribution < -0.4 is 18.9 Å². The number of esters is 2. The van der Waals surface area contributed by atoms with Gasteiger partial charge in [0.15, 0.2) is 0 Å². The monoisotopic (exact) mass is 780 g/mol. The molecule has 8 nitrogen and oxygen atoms in total. The van der Waals surface area contributed by atoms with E-state index in [0.717, 1.165) is 60.1 Å². The summed E-state index contributed by atoms with van der Waals surface area (Å²) >= 11 is 0. The molecule has 0 aliphatic heterocycles. The molecule has 5 rings (SSSR count). The Balaban J connectivity index is 1.01. The van der Waals surface area contributed by atoms with Gasteiger partial charge in [0.05, 0.1) is 35.7 Å². The molecule has 0 unspecified atom stereocenters. The van der Waals surface area contributed by atoms with E-state index < -0.39 is 11.9 Å². The number of nitrogens with zero attached hydrogens (tertiary/aromatic N) is 2. The van der Waals surface area contributed by atoms with Crippen LogP contribution in [-0.2, 0) is 0 Å². The maximum absolute atomic E-state index is 12.8. The summed E-state index contributed by atoms with van der Waals surface area (Å²) in [5.41, 5.74) is 3.96. The molecule has 0 spiro atoms. The number of carbonyl (C=O) groups excluding carboxylic acids is 2. The molecule has 0 amide bonds. The van der Waals surface area contributed by atoms with Crippen LogP contribution >= 0.6 is 0 Å². The summed E-state index contributed by atoms with van der Waals surface area (Å²) in [6.07, 6.45) is 18.3. The predicted molar refractivity (Wildman–Crippen MR) is 234 cm³/mol. The smallest absolute Gasteiger partial charge is 0.343 e. The van der Waals surface area contributed by atoms with Crippen LogP contribution in [0, 0.1) is 0 Å².